The Morgan fingerprint density at radius 3 is 2.52 bits per heavy atom. The Morgan fingerprint density at radius 1 is 1.19 bits per heavy atom. The van der Waals surface area contributed by atoms with Crippen LogP contribution in [0.15, 0.2) is 28.6 Å². The minimum Gasteiger partial charge on any atom is -0.307 e. The summed E-state index contributed by atoms with van der Waals surface area (Å²) in [6.45, 7) is 1.90. The van der Waals surface area contributed by atoms with Gasteiger partial charge in [0.1, 0.15) is 4.21 Å². The quantitative estimate of drug-likeness (QED) is 0.732. The number of rotatable bonds is 5. The standard InChI is InChI=1S/C18H21N3O4S2/c1-11-7-8-14(13(9-11)16(22)12-5-3-4-6-12)20-17(23)21-18-19-10-15(26-18)27(2,24)25/h7-10,12H,3-6H2,1-2H3,(H2,19,20,21,23). The fraction of sp³-hybridized carbons (Fsp3) is 0.389. The number of carbonyl (C=O) groups excluding carboxylic acids is 2. The van der Waals surface area contributed by atoms with Crippen molar-refractivity contribution < 1.29 is 18.0 Å². The van der Waals surface area contributed by atoms with Gasteiger partial charge in [-0.25, -0.2) is 18.2 Å². The number of anilines is 2. The molecule has 2 amide bonds. The Bertz CT molecular complexity index is 976. The highest BCUT2D eigenvalue weighted by Crippen LogP contribution is 2.31. The first-order chi connectivity index (χ1) is 12.7. The molecule has 1 aliphatic carbocycles. The Morgan fingerprint density at radius 2 is 1.89 bits per heavy atom. The van der Waals surface area contributed by atoms with Gasteiger partial charge in [-0.05, 0) is 31.9 Å². The van der Waals surface area contributed by atoms with Gasteiger partial charge in [-0.15, -0.1) is 0 Å². The second-order valence-electron chi connectivity index (χ2n) is 6.73. The van der Waals surface area contributed by atoms with E-state index in [1.54, 1.807) is 12.1 Å². The summed E-state index contributed by atoms with van der Waals surface area (Å²) in [5.74, 6) is 0.0619. The van der Waals surface area contributed by atoms with Crippen LogP contribution >= 0.6 is 11.3 Å². The third-order valence-electron chi connectivity index (χ3n) is 4.49. The van der Waals surface area contributed by atoms with Gasteiger partial charge in [0.2, 0.25) is 0 Å². The molecule has 0 radical (unpaired) electrons. The summed E-state index contributed by atoms with van der Waals surface area (Å²) < 4.78 is 23.1. The molecule has 0 atom stereocenters. The molecule has 7 nitrogen and oxygen atoms in total. The van der Waals surface area contributed by atoms with Crippen LogP contribution in [0.4, 0.5) is 15.6 Å². The van der Waals surface area contributed by atoms with Crippen LogP contribution in [0.1, 0.15) is 41.6 Å². The molecule has 27 heavy (non-hydrogen) atoms. The smallest absolute Gasteiger partial charge is 0.307 e. The number of hydrogen-bond donors (Lipinski definition) is 2. The van der Waals surface area contributed by atoms with Crippen molar-refractivity contribution in [2.24, 2.45) is 5.92 Å². The molecule has 1 heterocycles. The molecule has 1 fully saturated rings. The summed E-state index contributed by atoms with van der Waals surface area (Å²) in [5.41, 5.74) is 1.89. The average Bonchev–Trinajstić information content (AvgIpc) is 3.27. The summed E-state index contributed by atoms with van der Waals surface area (Å²) in [6, 6.07) is 4.75. The zero-order valence-corrected chi connectivity index (χ0v) is 16.7. The number of sulfone groups is 1. The van der Waals surface area contributed by atoms with Gasteiger partial charge in [-0.1, -0.05) is 35.8 Å². The number of Topliss-reactive ketones (excluding diaryl/α,β-unsaturated/α-hetero) is 1. The Kier molecular flexibility index (Phi) is 5.61. The van der Waals surface area contributed by atoms with Crippen LogP contribution in [0, 0.1) is 12.8 Å². The van der Waals surface area contributed by atoms with E-state index in [4.69, 9.17) is 0 Å². The number of ketones is 1. The van der Waals surface area contributed by atoms with E-state index in [-0.39, 0.29) is 21.0 Å². The Hall–Kier alpha value is -2.26. The minimum absolute atomic E-state index is 0.00620. The lowest BCUT2D eigenvalue weighted by Gasteiger charge is -2.14. The molecular formula is C18H21N3O4S2. The predicted molar refractivity (Wildman–Crippen MR) is 105 cm³/mol. The van der Waals surface area contributed by atoms with Crippen LogP contribution in [-0.4, -0.2) is 31.5 Å². The molecule has 0 unspecified atom stereocenters. The fourth-order valence-corrected chi connectivity index (χ4v) is 4.75. The topological polar surface area (TPSA) is 105 Å². The number of hydrogen-bond acceptors (Lipinski definition) is 6. The lowest BCUT2D eigenvalue weighted by atomic mass is 9.94. The van der Waals surface area contributed by atoms with E-state index >= 15 is 0 Å². The molecule has 1 aromatic carbocycles. The number of thiazole rings is 1. The first-order valence-corrected chi connectivity index (χ1v) is 11.3. The van der Waals surface area contributed by atoms with Gasteiger partial charge < -0.3 is 5.32 Å². The van der Waals surface area contributed by atoms with Crippen LogP contribution in [-0.2, 0) is 9.84 Å². The van der Waals surface area contributed by atoms with Crippen LogP contribution in [0.2, 0.25) is 0 Å². The first-order valence-electron chi connectivity index (χ1n) is 8.63. The SMILES string of the molecule is Cc1ccc(NC(=O)Nc2ncc(S(C)(=O)=O)s2)c(C(=O)C2CCCC2)c1. The van der Waals surface area contributed by atoms with Gasteiger partial charge in [0.05, 0.1) is 11.9 Å². The predicted octanol–water partition coefficient (Wildman–Crippen LogP) is 3.87. The van der Waals surface area contributed by atoms with Gasteiger partial charge in [0, 0.05) is 17.7 Å². The number of aryl methyl sites for hydroxylation is 1. The molecule has 144 valence electrons. The average molecular weight is 408 g/mol. The third-order valence-corrected chi connectivity index (χ3v) is 7.19. The van der Waals surface area contributed by atoms with Gasteiger partial charge in [0.15, 0.2) is 20.8 Å². The van der Waals surface area contributed by atoms with Crippen molar-refractivity contribution in [2.45, 2.75) is 36.8 Å². The highest BCUT2D eigenvalue weighted by molar-refractivity contribution is 7.92. The minimum atomic E-state index is -3.37. The lowest BCUT2D eigenvalue weighted by Crippen LogP contribution is -2.22. The van der Waals surface area contributed by atoms with Gasteiger partial charge in [0.25, 0.3) is 0 Å². The molecule has 3 rings (SSSR count). The molecule has 1 saturated carbocycles. The Labute approximate surface area is 162 Å². The number of benzene rings is 1. The number of nitrogens with one attached hydrogen (secondary N) is 2. The molecular weight excluding hydrogens is 386 g/mol. The van der Waals surface area contributed by atoms with E-state index in [1.807, 2.05) is 13.0 Å². The van der Waals surface area contributed by atoms with E-state index in [1.165, 1.54) is 6.20 Å². The monoisotopic (exact) mass is 407 g/mol. The third kappa shape index (κ3) is 4.72. The molecule has 2 N–H and O–H groups in total. The van der Waals surface area contributed by atoms with E-state index in [0.717, 1.165) is 48.8 Å². The van der Waals surface area contributed by atoms with Crippen molar-refractivity contribution in [3.05, 3.63) is 35.5 Å². The molecule has 0 bridgehead atoms. The molecule has 1 aromatic heterocycles. The summed E-state index contributed by atoms with van der Waals surface area (Å²) in [5, 5.41) is 5.37. The molecule has 0 spiro atoms. The van der Waals surface area contributed by atoms with E-state index < -0.39 is 15.9 Å². The van der Waals surface area contributed by atoms with Crippen LogP contribution in [0.5, 0.6) is 0 Å². The van der Waals surface area contributed by atoms with Crippen molar-refractivity contribution >= 4 is 43.8 Å². The number of amides is 2. The highest BCUT2D eigenvalue weighted by Gasteiger charge is 2.26. The number of carbonyl (C=O) groups is 2. The lowest BCUT2D eigenvalue weighted by molar-refractivity contribution is 0.0923. The van der Waals surface area contributed by atoms with Crippen molar-refractivity contribution in [3.8, 4) is 0 Å². The summed E-state index contributed by atoms with van der Waals surface area (Å²) in [4.78, 5) is 29.0. The maximum Gasteiger partial charge on any atom is 0.325 e. The maximum absolute atomic E-state index is 12.8. The summed E-state index contributed by atoms with van der Waals surface area (Å²) in [7, 11) is -3.37. The highest BCUT2D eigenvalue weighted by atomic mass is 32.2. The Balaban J connectivity index is 1.75. The number of urea groups is 1. The van der Waals surface area contributed by atoms with Gasteiger partial charge >= 0.3 is 6.03 Å². The van der Waals surface area contributed by atoms with Crippen molar-refractivity contribution in [1.29, 1.82) is 0 Å². The first kappa shape index (κ1) is 19.5. The fourth-order valence-electron chi connectivity index (χ4n) is 3.12. The van der Waals surface area contributed by atoms with Crippen LogP contribution < -0.4 is 10.6 Å². The van der Waals surface area contributed by atoms with E-state index in [9.17, 15) is 18.0 Å². The summed E-state index contributed by atoms with van der Waals surface area (Å²) >= 11 is 0.874. The van der Waals surface area contributed by atoms with Crippen molar-refractivity contribution in [2.75, 3.05) is 16.9 Å². The number of nitrogens with zero attached hydrogens (tertiary/aromatic N) is 1. The van der Waals surface area contributed by atoms with E-state index in [0.29, 0.717) is 11.3 Å². The number of aromatic nitrogens is 1. The van der Waals surface area contributed by atoms with Crippen molar-refractivity contribution in [1.82, 2.24) is 4.98 Å². The molecule has 0 saturated heterocycles. The van der Waals surface area contributed by atoms with Crippen molar-refractivity contribution in [3.63, 3.8) is 0 Å². The largest absolute Gasteiger partial charge is 0.325 e. The zero-order valence-electron chi connectivity index (χ0n) is 15.1. The second kappa shape index (κ2) is 7.77. The van der Waals surface area contributed by atoms with Gasteiger partial charge in [-0.2, -0.15) is 0 Å². The molecule has 0 aliphatic heterocycles. The molecule has 2 aromatic rings. The van der Waals surface area contributed by atoms with E-state index in [2.05, 4.69) is 15.6 Å². The van der Waals surface area contributed by atoms with Crippen LogP contribution in [0.25, 0.3) is 0 Å². The van der Waals surface area contributed by atoms with Gasteiger partial charge in [-0.3, -0.25) is 10.1 Å². The molecule has 1 aliphatic rings. The van der Waals surface area contributed by atoms with Crippen LogP contribution in [0.3, 0.4) is 0 Å². The normalized spacial score (nSPS) is 14.9. The zero-order chi connectivity index (χ0) is 19.6. The maximum atomic E-state index is 12.8. The second-order valence-corrected chi connectivity index (χ2v) is 10.0. The summed E-state index contributed by atoms with van der Waals surface area (Å²) in [6.07, 6.45) is 6.15. The molecule has 9 heteroatoms.